The highest BCUT2D eigenvalue weighted by atomic mass is 16.2. The Morgan fingerprint density at radius 1 is 1.20 bits per heavy atom. The van der Waals surface area contributed by atoms with Crippen molar-refractivity contribution in [1.29, 1.82) is 0 Å². The van der Waals surface area contributed by atoms with E-state index < -0.39 is 6.03 Å². The summed E-state index contributed by atoms with van der Waals surface area (Å²) in [5.41, 5.74) is 3.89. The fourth-order valence-corrected chi connectivity index (χ4v) is 1.57. The number of hydrogen-bond donors (Lipinski definition) is 3. The highest BCUT2D eigenvalue weighted by Crippen LogP contribution is 2.07. The van der Waals surface area contributed by atoms with Gasteiger partial charge in [0.1, 0.15) is 5.82 Å². The lowest BCUT2D eigenvalue weighted by molar-refractivity contribution is 0.252. The molecule has 20 heavy (non-hydrogen) atoms. The van der Waals surface area contributed by atoms with Crippen molar-refractivity contribution in [2.45, 2.75) is 0 Å². The number of hydrazone groups is 1. The van der Waals surface area contributed by atoms with Crippen LogP contribution in [0.25, 0.3) is 0 Å². The summed E-state index contributed by atoms with van der Waals surface area (Å²) >= 11 is 0. The monoisotopic (exact) mass is 269 g/mol. The Labute approximate surface area is 116 Å². The van der Waals surface area contributed by atoms with Crippen molar-refractivity contribution in [2.24, 2.45) is 5.10 Å². The molecule has 2 amide bonds. The number of anilines is 2. The molecule has 0 saturated carbocycles. The predicted molar refractivity (Wildman–Crippen MR) is 80.0 cm³/mol. The van der Waals surface area contributed by atoms with E-state index in [0.29, 0.717) is 11.5 Å². The van der Waals surface area contributed by atoms with E-state index in [0.717, 1.165) is 5.56 Å². The van der Waals surface area contributed by atoms with Gasteiger partial charge >= 0.3 is 6.03 Å². The molecule has 0 bridgehead atoms. The summed E-state index contributed by atoms with van der Waals surface area (Å²) < 4.78 is 0. The largest absolute Gasteiger partial charge is 0.373 e. The lowest BCUT2D eigenvalue weighted by Gasteiger charge is -2.04. The summed E-state index contributed by atoms with van der Waals surface area (Å²) in [6, 6.07) is 12.4. The molecule has 102 valence electrons. The molecule has 1 heterocycles. The fourth-order valence-electron chi connectivity index (χ4n) is 1.57. The Morgan fingerprint density at radius 3 is 2.75 bits per heavy atom. The maximum atomic E-state index is 11.6. The number of carbonyl (C=O) groups is 1. The number of amides is 2. The number of benzene rings is 1. The first-order valence-electron chi connectivity index (χ1n) is 6.07. The van der Waals surface area contributed by atoms with Gasteiger partial charge in [-0.25, -0.2) is 15.2 Å². The maximum absolute atomic E-state index is 11.6. The smallest absolute Gasteiger partial charge is 0.339 e. The number of hydrogen-bond acceptors (Lipinski definition) is 4. The number of nitrogens with zero attached hydrogens (tertiary/aromatic N) is 2. The molecule has 0 aliphatic heterocycles. The van der Waals surface area contributed by atoms with Gasteiger partial charge in [0.2, 0.25) is 0 Å². The molecular formula is C14H15N5O. The Morgan fingerprint density at radius 2 is 2.00 bits per heavy atom. The van der Waals surface area contributed by atoms with Crippen LogP contribution in [0.1, 0.15) is 5.56 Å². The fraction of sp³-hybridized carbons (Fsp3) is 0.0714. The van der Waals surface area contributed by atoms with Crippen molar-refractivity contribution < 1.29 is 4.79 Å². The third-order valence-corrected chi connectivity index (χ3v) is 2.48. The Kier molecular flexibility index (Phi) is 4.66. The third-order valence-electron chi connectivity index (χ3n) is 2.48. The SMILES string of the molecule is CNc1ncccc1/C=N\NC(=O)Nc1ccccc1. The molecule has 0 fully saturated rings. The molecule has 0 radical (unpaired) electrons. The minimum absolute atomic E-state index is 0.401. The summed E-state index contributed by atoms with van der Waals surface area (Å²) in [6.07, 6.45) is 3.21. The number of para-hydroxylation sites is 1. The number of urea groups is 1. The molecule has 0 aliphatic rings. The molecule has 0 unspecified atom stereocenters. The zero-order chi connectivity index (χ0) is 14.2. The van der Waals surface area contributed by atoms with Gasteiger partial charge in [-0.15, -0.1) is 0 Å². The third kappa shape index (κ3) is 3.81. The van der Waals surface area contributed by atoms with Gasteiger partial charge in [0.15, 0.2) is 0 Å². The maximum Gasteiger partial charge on any atom is 0.339 e. The van der Waals surface area contributed by atoms with Crippen molar-refractivity contribution in [3.8, 4) is 0 Å². The van der Waals surface area contributed by atoms with Gasteiger partial charge < -0.3 is 10.6 Å². The number of carbonyl (C=O) groups excluding carboxylic acids is 1. The molecule has 2 aromatic rings. The highest BCUT2D eigenvalue weighted by Gasteiger charge is 2.00. The molecule has 0 spiro atoms. The van der Waals surface area contributed by atoms with Gasteiger partial charge in [0, 0.05) is 24.5 Å². The molecule has 3 N–H and O–H groups in total. The second-order valence-corrected chi connectivity index (χ2v) is 3.88. The Bertz CT molecular complexity index is 598. The second-order valence-electron chi connectivity index (χ2n) is 3.88. The lowest BCUT2D eigenvalue weighted by atomic mass is 10.3. The molecule has 0 saturated heterocycles. The number of nitrogens with one attached hydrogen (secondary N) is 3. The predicted octanol–water partition coefficient (Wildman–Crippen LogP) is 2.28. The number of pyridine rings is 1. The average Bonchev–Trinajstić information content (AvgIpc) is 2.49. The first-order chi connectivity index (χ1) is 9.79. The van der Waals surface area contributed by atoms with Crippen LogP contribution < -0.4 is 16.1 Å². The standard InChI is InChI=1S/C14H15N5O/c1-15-13-11(6-5-9-16-13)10-17-19-14(20)18-12-7-3-2-4-8-12/h2-10H,1H3,(H,15,16)(H2,18,19,20)/b17-10-. The minimum atomic E-state index is -0.401. The van der Waals surface area contributed by atoms with E-state index in [1.165, 1.54) is 6.21 Å². The number of rotatable bonds is 4. The van der Waals surface area contributed by atoms with Gasteiger partial charge in [-0.05, 0) is 24.3 Å². The molecule has 1 aromatic heterocycles. The van der Waals surface area contributed by atoms with Crippen molar-refractivity contribution in [1.82, 2.24) is 10.4 Å². The summed E-state index contributed by atoms with van der Waals surface area (Å²) in [4.78, 5) is 15.7. The zero-order valence-corrected chi connectivity index (χ0v) is 11.0. The van der Waals surface area contributed by atoms with Crippen LogP contribution in [0.5, 0.6) is 0 Å². The normalized spacial score (nSPS) is 10.2. The van der Waals surface area contributed by atoms with Crippen LogP contribution in [0.15, 0.2) is 53.8 Å². The van der Waals surface area contributed by atoms with Crippen LogP contribution >= 0.6 is 0 Å². The van der Waals surface area contributed by atoms with E-state index in [2.05, 4.69) is 26.1 Å². The molecule has 6 heteroatoms. The Balaban J connectivity index is 1.91. The van der Waals surface area contributed by atoms with Crippen molar-refractivity contribution in [3.05, 3.63) is 54.2 Å². The van der Waals surface area contributed by atoms with Gasteiger partial charge in [-0.2, -0.15) is 5.10 Å². The molecule has 6 nitrogen and oxygen atoms in total. The quantitative estimate of drug-likeness (QED) is 0.588. The van der Waals surface area contributed by atoms with E-state index in [9.17, 15) is 4.79 Å². The van der Waals surface area contributed by atoms with Crippen molar-refractivity contribution in [2.75, 3.05) is 17.7 Å². The van der Waals surface area contributed by atoms with Gasteiger partial charge in [0.05, 0.1) is 6.21 Å². The summed E-state index contributed by atoms with van der Waals surface area (Å²) in [6.45, 7) is 0. The van der Waals surface area contributed by atoms with Gasteiger partial charge in [-0.1, -0.05) is 18.2 Å². The van der Waals surface area contributed by atoms with Crippen LogP contribution in [-0.2, 0) is 0 Å². The van der Waals surface area contributed by atoms with E-state index >= 15 is 0 Å². The van der Waals surface area contributed by atoms with E-state index in [1.54, 1.807) is 31.4 Å². The first-order valence-corrected chi connectivity index (χ1v) is 6.07. The van der Waals surface area contributed by atoms with E-state index in [4.69, 9.17) is 0 Å². The zero-order valence-electron chi connectivity index (χ0n) is 11.0. The molecule has 0 aliphatic carbocycles. The van der Waals surface area contributed by atoms with Gasteiger partial charge in [-0.3, -0.25) is 0 Å². The minimum Gasteiger partial charge on any atom is -0.373 e. The van der Waals surface area contributed by atoms with Crippen LogP contribution in [0.4, 0.5) is 16.3 Å². The van der Waals surface area contributed by atoms with Crippen LogP contribution in [0.3, 0.4) is 0 Å². The summed E-state index contributed by atoms with van der Waals surface area (Å²) in [7, 11) is 1.77. The van der Waals surface area contributed by atoms with E-state index in [-0.39, 0.29) is 0 Å². The molecule has 1 aromatic carbocycles. The van der Waals surface area contributed by atoms with E-state index in [1.807, 2.05) is 24.3 Å². The summed E-state index contributed by atoms with van der Waals surface area (Å²) in [5.74, 6) is 0.696. The topological polar surface area (TPSA) is 78.4 Å². The van der Waals surface area contributed by atoms with Crippen LogP contribution in [-0.4, -0.2) is 24.3 Å². The first kappa shape index (κ1) is 13.5. The van der Waals surface area contributed by atoms with Crippen LogP contribution in [0, 0.1) is 0 Å². The lowest BCUT2D eigenvalue weighted by Crippen LogP contribution is -2.24. The second kappa shape index (κ2) is 6.89. The molecular weight excluding hydrogens is 254 g/mol. The van der Waals surface area contributed by atoms with Crippen LogP contribution in [0.2, 0.25) is 0 Å². The Hall–Kier alpha value is -2.89. The highest BCUT2D eigenvalue weighted by molar-refractivity contribution is 5.91. The summed E-state index contributed by atoms with van der Waals surface area (Å²) in [5, 5.41) is 9.48. The average molecular weight is 269 g/mol. The molecule has 0 atom stereocenters. The van der Waals surface area contributed by atoms with Crippen molar-refractivity contribution >= 4 is 23.8 Å². The number of aromatic nitrogens is 1. The molecule has 2 rings (SSSR count). The van der Waals surface area contributed by atoms with Gasteiger partial charge in [0.25, 0.3) is 0 Å². The van der Waals surface area contributed by atoms with Crippen molar-refractivity contribution in [3.63, 3.8) is 0 Å².